The van der Waals surface area contributed by atoms with Crippen molar-refractivity contribution in [2.24, 2.45) is 22.6 Å². The fourth-order valence-corrected chi connectivity index (χ4v) is 4.02. The van der Waals surface area contributed by atoms with E-state index in [0.29, 0.717) is 5.96 Å². The Balaban J connectivity index is 1.87. The Bertz CT molecular complexity index is 793. The normalized spacial score (nSPS) is 29.1. The fraction of sp³-hybridized carbons (Fsp3) is 0.550. The van der Waals surface area contributed by atoms with Crippen LogP contribution < -0.4 is 10.6 Å². The molecule has 0 aliphatic carbocycles. The number of rotatable bonds is 2. The first-order chi connectivity index (χ1) is 12.4. The molecule has 1 aromatic rings. The van der Waals surface area contributed by atoms with E-state index < -0.39 is 5.54 Å². The summed E-state index contributed by atoms with van der Waals surface area (Å²) in [6, 6.07) is 2.08. The minimum Gasteiger partial charge on any atom is -0.370 e. The molecule has 2 aliphatic heterocycles. The van der Waals surface area contributed by atoms with E-state index in [1.54, 1.807) is 13.2 Å². The SMILES string of the molecule is CC#Cc1cncc(N2CCCC([C@@]3(C)N=C(N)N(C)C(=O)[C@@H]3C)C2)c1. The van der Waals surface area contributed by atoms with Gasteiger partial charge in [-0.25, -0.2) is 4.99 Å². The fourth-order valence-electron chi connectivity index (χ4n) is 4.02. The van der Waals surface area contributed by atoms with Gasteiger partial charge in [0.2, 0.25) is 5.91 Å². The molecule has 6 heteroatoms. The van der Waals surface area contributed by atoms with Gasteiger partial charge in [-0.1, -0.05) is 12.8 Å². The van der Waals surface area contributed by atoms with Crippen LogP contribution in [0.15, 0.2) is 23.5 Å². The molecule has 1 saturated heterocycles. The summed E-state index contributed by atoms with van der Waals surface area (Å²) in [6.45, 7) is 7.66. The van der Waals surface area contributed by atoms with Crippen LogP contribution in [0.2, 0.25) is 0 Å². The number of carbonyl (C=O) groups excluding carboxylic acids is 1. The molecule has 6 nitrogen and oxygen atoms in total. The second-order valence-electron chi connectivity index (χ2n) is 7.41. The zero-order valence-electron chi connectivity index (χ0n) is 16.0. The highest BCUT2D eigenvalue weighted by Gasteiger charge is 2.48. The summed E-state index contributed by atoms with van der Waals surface area (Å²) in [7, 11) is 1.69. The largest absolute Gasteiger partial charge is 0.370 e. The third kappa shape index (κ3) is 3.14. The van der Waals surface area contributed by atoms with Gasteiger partial charge < -0.3 is 10.6 Å². The smallest absolute Gasteiger partial charge is 0.234 e. The second-order valence-corrected chi connectivity index (χ2v) is 7.41. The number of anilines is 1. The standard InChI is InChI=1S/C20H27N5O/c1-5-7-15-10-17(12-22-11-15)25-9-6-8-16(13-25)20(3)14(2)18(26)24(4)19(21)23-20/h10-12,14,16H,6,8-9,13H2,1-4H3,(H2,21,23)/t14-,16?,20-/m0/s1. The van der Waals surface area contributed by atoms with Gasteiger partial charge in [0.1, 0.15) is 0 Å². The average Bonchev–Trinajstić information content (AvgIpc) is 2.65. The summed E-state index contributed by atoms with van der Waals surface area (Å²) in [6.07, 6.45) is 5.75. The summed E-state index contributed by atoms with van der Waals surface area (Å²) >= 11 is 0. The van der Waals surface area contributed by atoms with Gasteiger partial charge >= 0.3 is 0 Å². The van der Waals surface area contributed by atoms with Crippen molar-refractivity contribution >= 4 is 17.6 Å². The van der Waals surface area contributed by atoms with E-state index in [-0.39, 0.29) is 17.7 Å². The van der Waals surface area contributed by atoms with E-state index in [1.165, 1.54) is 4.90 Å². The average molecular weight is 353 g/mol. The lowest BCUT2D eigenvalue weighted by Gasteiger charge is -2.47. The van der Waals surface area contributed by atoms with Crippen molar-refractivity contribution in [3.63, 3.8) is 0 Å². The molecule has 1 amide bonds. The number of hydrogen-bond acceptors (Lipinski definition) is 5. The van der Waals surface area contributed by atoms with Crippen molar-refractivity contribution in [2.45, 2.75) is 39.2 Å². The molecule has 1 unspecified atom stereocenters. The maximum atomic E-state index is 12.6. The Kier molecular flexibility index (Phi) is 4.90. The number of hydrogen-bond donors (Lipinski definition) is 1. The molecule has 2 aliphatic rings. The minimum atomic E-state index is -0.486. The van der Waals surface area contributed by atoms with Crippen molar-refractivity contribution in [1.82, 2.24) is 9.88 Å². The van der Waals surface area contributed by atoms with Crippen LogP contribution in [0, 0.1) is 23.7 Å². The van der Waals surface area contributed by atoms with E-state index in [4.69, 9.17) is 10.7 Å². The van der Waals surface area contributed by atoms with Crippen molar-refractivity contribution in [2.75, 3.05) is 25.0 Å². The van der Waals surface area contributed by atoms with Crippen molar-refractivity contribution < 1.29 is 4.79 Å². The number of aliphatic imine (C=N–C) groups is 1. The topological polar surface area (TPSA) is 74.8 Å². The first kappa shape index (κ1) is 18.2. The highest BCUT2D eigenvalue weighted by molar-refractivity contribution is 5.99. The highest BCUT2D eigenvalue weighted by Crippen LogP contribution is 2.39. The van der Waals surface area contributed by atoms with Gasteiger partial charge in [0.15, 0.2) is 5.96 Å². The summed E-state index contributed by atoms with van der Waals surface area (Å²) in [5, 5.41) is 0. The molecule has 0 spiro atoms. The zero-order valence-corrected chi connectivity index (χ0v) is 16.0. The van der Waals surface area contributed by atoms with Crippen LogP contribution in [-0.4, -0.2) is 47.4 Å². The van der Waals surface area contributed by atoms with Crippen LogP contribution in [0.25, 0.3) is 0 Å². The summed E-state index contributed by atoms with van der Waals surface area (Å²) in [5.74, 6) is 6.40. The predicted molar refractivity (Wildman–Crippen MR) is 104 cm³/mol. The third-order valence-electron chi connectivity index (χ3n) is 5.88. The molecule has 3 rings (SSSR count). The molecule has 1 fully saturated rings. The number of aromatic nitrogens is 1. The number of piperidine rings is 1. The Morgan fingerprint density at radius 1 is 1.38 bits per heavy atom. The zero-order chi connectivity index (χ0) is 18.9. The molecule has 0 saturated carbocycles. The van der Waals surface area contributed by atoms with Gasteiger partial charge in [0, 0.05) is 37.8 Å². The molecule has 3 heterocycles. The third-order valence-corrected chi connectivity index (χ3v) is 5.88. The number of carbonyl (C=O) groups is 1. The van der Waals surface area contributed by atoms with Crippen LogP contribution in [0.1, 0.15) is 39.2 Å². The van der Waals surface area contributed by atoms with Crippen LogP contribution in [-0.2, 0) is 4.79 Å². The lowest BCUT2D eigenvalue weighted by atomic mass is 9.71. The molecule has 0 bridgehead atoms. The lowest BCUT2D eigenvalue weighted by Crippen LogP contribution is -2.59. The van der Waals surface area contributed by atoms with Crippen molar-refractivity contribution in [1.29, 1.82) is 0 Å². The first-order valence-electron chi connectivity index (χ1n) is 9.12. The number of nitrogens with zero attached hydrogens (tertiary/aromatic N) is 4. The van der Waals surface area contributed by atoms with Gasteiger partial charge in [-0.05, 0) is 32.8 Å². The number of nitrogens with two attached hydrogens (primary N) is 1. The lowest BCUT2D eigenvalue weighted by molar-refractivity contribution is -0.134. The van der Waals surface area contributed by atoms with Gasteiger partial charge in [-0.15, -0.1) is 5.92 Å². The number of guanidine groups is 1. The van der Waals surface area contributed by atoms with E-state index in [9.17, 15) is 4.79 Å². The summed E-state index contributed by atoms with van der Waals surface area (Å²) < 4.78 is 0. The van der Waals surface area contributed by atoms with Crippen molar-refractivity contribution in [3.05, 3.63) is 24.0 Å². The molecule has 1 aromatic heterocycles. The molecule has 0 radical (unpaired) electrons. The highest BCUT2D eigenvalue weighted by atomic mass is 16.2. The number of pyridine rings is 1. The van der Waals surface area contributed by atoms with Gasteiger partial charge in [0.25, 0.3) is 0 Å². The Hall–Kier alpha value is -2.55. The molecule has 0 aromatic carbocycles. The second kappa shape index (κ2) is 6.99. The van der Waals surface area contributed by atoms with E-state index in [1.807, 2.05) is 20.0 Å². The van der Waals surface area contributed by atoms with Gasteiger partial charge in [0.05, 0.1) is 23.3 Å². The van der Waals surface area contributed by atoms with E-state index in [2.05, 4.69) is 34.7 Å². The van der Waals surface area contributed by atoms with Crippen LogP contribution in [0.5, 0.6) is 0 Å². The Labute approximate surface area is 155 Å². The molecular formula is C20H27N5O. The molecule has 3 atom stereocenters. The minimum absolute atomic E-state index is 0.0407. The van der Waals surface area contributed by atoms with Gasteiger partial charge in [-0.2, -0.15) is 0 Å². The van der Waals surface area contributed by atoms with Crippen LogP contribution in [0.4, 0.5) is 5.69 Å². The molecular weight excluding hydrogens is 326 g/mol. The summed E-state index contributed by atoms with van der Waals surface area (Å²) in [4.78, 5) is 25.5. The number of amides is 1. The van der Waals surface area contributed by atoms with E-state index >= 15 is 0 Å². The Morgan fingerprint density at radius 2 is 2.15 bits per heavy atom. The first-order valence-corrected chi connectivity index (χ1v) is 9.12. The summed E-state index contributed by atoms with van der Waals surface area (Å²) in [5.41, 5.74) is 7.53. The van der Waals surface area contributed by atoms with Crippen LogP contribution in [0.3, 0.4) is 0 Å². The van der Waals surface area contributed by atoms with Crippen molar-refractivity contribution in [3.8, 4) is 11.8 Å². The van der Waals surface area contributed by atoms with E-state index in [0.717, 1.165) is 37.2 Å². The van der Waals surface area contributed by atoms with Crippen LogP contribution >= 0.6 is 0 Å². The van der Waals surface area contributed by atoms with Gasteiger partial charge in [-0.3, -0.25) is 14.7 Å². The quantitative estimate of drug-likeness (QED) is 0.824. The maximum Gasteiger partial charge on any atom is 0.234 e. The predicted octanol–water partition coefficient (Wildman–Crippen LogP) is 1.85. The molecule has 2 N–H and O–H groups in total. The Morgan fingerprint density at radius 3 is 2.88 bits per heavy atom. The monoisotopic (exact) mass is 353 g/mol. The molecule has 138 valence electrons. The maximum absolute atomic E-state index is 12.6. The molecule has 26 heavy (non-hydrogen) atoms.